The van der Waals surface area contributed by atoms with Crippen molar-refractivity contribution >= 4 is 11.6 Å². The van der Waals surface area contributed by atoms with Crippen LogP contribution in [0.1, 0.15) is 56.5 Å². The largest absolute Gasteiger partial charge is 0.356 e. The van der Waals surface area contributed by atoms with Crippen LogP contribution in [0.25, 0.3) is 0 Å². The second-order valence-corrected chi connectivity index (χ2v) is 8.69. The highest BCUT2D eigenvalue weighted by Gasteiger charge is 2.41. The maximum absolute atomic E-state index is 4.79. The Kier molecular flexibility index (Phi) is 4.21. The molecular formula is C21H28N6. The Morgan fingerprint density at radius 2 is 1.63 bits per heavy atom. The van der Waals surface area contributed by atoms with Crippen molar-refractivity contribution in [3.05, 3.63) is 36.2 Å². The highest BCUT2D eigenvalue weighted by atomic mass is 15.3. The summed E-state index contributed by atoms with van der Waals surface area (Å²) in [6.07, 6.45) is 7.58. The summed E-state index contributed by atoms with van der Waals surface area (Å²) in [6.45, 7) is 8.63. The van der Waals surface area contributed by atoms with E-state index in [-0.39, 0.29) is 0 Å². The van der Waals surface area contributed by atoms with E-state index in [0.29, 0.717) is 23.7 Å². The van der Waals surface area contributed by atoms with Crippen LogP contribution in [0, 0.1) is 11.8 Å². The number of fused-ring (bicyclic) bond motifs is 1. The fourth-order valence-electron chi connectivity index (χ4n) is 4.65. The van der Waals surface area contributed by atoms with E-state index in [9.17, 15) is 0 Å². The molecular weight excluding hydrogens is 336 g/mol. The van der Waals surface area contributed by atoms with E-state index in [1.165, 1.54) is 25.0 Å². The molecule has 5 rings (SSSR count). The van der Waals surface area contributed by atoms with E-state index >= 15 is 0 Å². The molecule has 6 heteroatoms. The van der Waals surface area contributed by atoms with E-state index in [2.05, 4.69) is 50.7 Å². The lowest BCUT2D eigenvalue weighted by Gasteiger charge is -2.27. The number of rotatable bonds is 4. The maximum atomic E-state index is 4.79. The SMILES string of the molecule is CC(C)c1nccc(N2CC3CN(c4cc(C5CCC5)ncn4)CC3C2)n1. The molecule has 0 spiro atoms. The standard InChI is InChI=1S/C21H28N6/c1-14(2)21-22-7-6-19(25-21)26-9-16-11-27(12-17(16)10-26)20-8-18(23-13-24-20)15-4-3-5-15/h6-8,13-17H,3-5,9-12H2,1-2H3. The smallest absolute Gasteiger partial charge is 0.133 e. The van der Waals surface area contributed by atoms with Crippen LogP contribution in [0.3, 0.4) is 0 Å². The second-order valence-electron chi connectivity index (χ2n) is 8.69. The van der Waals surface area contributed by atoms with Crippen LogP contribution in [-0.4, -0.2) is 46.1 Å². The molecule has 1 saturated carbocycles. The first-order valence-corrected chi connectivity index (χ1v) is 10.3. The molecule has 2 unspecified atom stereocenters. The maximum Gasteiger partial charge on any atom is 0.133 e. The molecule has 1 aliphatic carbocycles. The Balaban J connectivity index is 1.26. The normalized spacial score (nSPS) is 25.1. The highest BCUT2D eigenvalue weighted by molar-refractivity contribution is 5.45. The van der Waals surface area contributed by atoms with Gasteiger partial charge in [-0.15, -0.1) is 0 Å². The zero-order valence-electron chi connectivity index (χ0n) is 16.3. The lowest BCUT2D eigenvalue weighted by Crippen LogP contribution is -2.30. The van der Waals surface area contributed by atoms with Crippen molar-refractivity contribution in [2.45, 2.75) is 44.9 Å². The van der Waals surface area contributed by atoms with E-state index in [1.807, 2.05) is 6.20 Å². The van der Waals surface area contributed by atoms with Crippen LogP contribution in [0.5, 0.6) is 0 Å². The van der Waals surface area contributed by atoms with Gasteiger partial charge in [0.15, 0.2) is 0 Å². The van der Waals surface area contributed by atoms with Crippen molar-refractivity contribution < 1.29 is 0 Å². The van der Waals surface area contributed by atoms with E-state index in [4.69, 9.17) is 4.98 Å². The summed E-state index contributed by atoms with van der Waals surface area (Å²) in [6, 6.07) is 4.29. The minimum atomic E-state index is 0.366. The highest BCUT2D eigenvalue weighted by Crippen LogP contribution is 2.38. The molecule has 0 aromatic carbocycles. The van der Waals surface area contributed by atoms with Crippen molar-refractivity contribution in [3.8, 4) is 0 Å². The summed E-state index contributed by atoms with van der Waals surface area (Å²) in [7, 11) is 0. The van der Waals surface area contributed by atoms with Crippen LogP contribution in [0.2, 0.25) is 0 Å². The third-order valence-electron chi connectivity index (χ3n) is 6.51. The predicted octanol–water partition coefficient (Wildman–Crippen LogP) is 3.23. The van der Waals surface area contributed by atoms with Gasteiger partial charge >= 0.3 is 0 Å². The van der Waals surface area contributed by atoms with Gasteiger partial charge < -0.3 is 9.80 Å². The number of anilines is 2. The summed E-state index contributed by atoms with van der Waals surface area (Å²) < 4.78 is 0. The molecule has 6 nitrogen and oxygen atoms in total. The quantitative estimate of drug-likeness (QED) is 0.830. The summed E-state index contributed by atoms with van der Waals surface area (Å²) in [5.74, 6) is 5.55. The Morgan fingerprint density at radius 3 is 2.26 bits per heavy atom. The predicted molar refractivity (Wildman–Crippen MR) is 106 cm³/mol. The third kappa shape index (κ3) is 3.15. The molecule has 3 aliphatic rings. The van der Waals surface area contributed by atoms with E-state index in [0.717, 1.165) is 43.6 Å². The number of aromatic nitrogens is 4. The Hall–Kier alpha value is -2.24. The summed E-state index contributed by atoms with van der Waals surface area (Å²) in [4.78, 5) is 23.2. The zero-order chi connectivity index (χ0) is 18.4. The van der Waals surface area contributed by atoms with Gasteiger partial charge in [0.05, 0.1) is 0 Å². The van der Waals surface area contributed by atoms with Crippen LogP contribution in [-0.2, 0) is 0 Å². The second kappa shape index (κ2) is 6.73. The number of hydrogen-bond donors (Lipinski definition) is 0. The molecule has 142 valence electrons. The fraction of sp³-hybridized carbons (Fsp3) is 0.619. The summed E-state index contributed by atoms with van der Waals surface area (Å²) in [5.41, 5.74) is 1.24. The van der Waals surface area contributed by atoms with Crippen molar-refractivity contribution in [3.63, 3.8) is 0 Å². The van der Waals surface area contributed by atoms with Crippen molar-refractivity contribution in [2.24, 2.45) is 11.8 Å². The van der Waals surface area contributed by atoms with Crippen LogP contribution < -0.4 is 9.80 Å². The third-order valence-corrected chi connectivity index (χ3v) is 6.51. The van der Waals surface area contributed by atoms with Gasteiger partial charge in [0.2, 0.25) is 0 Å². The van der Waals surface area contributed by atoms with Crippen LogP contribution in [0.15, 0.2) is 24.7 Å². The van der Waals surface area contributed by atoms with Gasteiger partial charge in [-0.1, -0.05) is 20.3 Å². The van der Waals surface area contributed by atoms with E-state index < -0.39 is 0 Å². The molecule has 0 amide bonds. The molecule has 0 radical (unpaired) electrons. The molecule has 2 aromatic heterocycles. The zero-order valence-corrected chi connectivity index (χ0v) is 16.3. The summed E-state index contributed by atoms with van der Waals surface area (Å²) in [5, 5.41) is 0. The molecule has 4 heterocycles. The first kappa shape index (κ1) is 16.9. The molecule has 0 bridgehead atoms. The number of nitrogens with zero attached hydrogens (tertiary/aromatic N) is 6. The van der Waals surface area contributed by atoms with Gasteiger partial charge in [-0.3, -0.25) is 0 Å². The van der Waals surface area contributed by atoms with Gasteiger partial charge in [-0.25, -0.2) is 19.9 Å². The average molecular weight is 364 g/mol. The lowest BCUT2D eigenvalue weighted by molar-refractivity contribution is 0.410. The first-order valence-electron chi connectivity index (χ1n) is 10.3. The Morgan fingerprint density at radius 1 is 0.926 bits per heavy atom. The van der Waals surface area contributed by atoms with Gasteiger partial charge in [0, 0.05) is 67.8 Å². The topological polar surface area (TPSA) is 58.0 Å². The molecule has 3 fully saturated rings. The van der Waals surface area contributed by atoms with E-state index in [1.54, 1.807) is 6.33 Å². The molecule has 2 aromatic rings. The van der Waals surface area contributed by atoms with Crippen LogP contribution in [0.4, 0.5) is 11.6 Å². The fourth-order valence-corrected chi connectivity index (χ4v) is 4.65. The summed E-state index contributed by atoms with van der Waals surface area (Å²) >= 11 is 0. The minimum absolute atomic E-state index is 0.366. The minimum Gasteiger partial charge on any atom is -0.356 e. The van der Waals surface area contributed by atoms with Gasteiger partial charge in [0.1, 0.15) is 23.8 Å². The first-order chi connectivity index (χ1) is 13.2. The number of hydrogen-bond acceptors (Lipinski definition) is 6. The molecule has 2 aliphatic heterocycles. The van der Waals surface area contributed by atoms with Crippen molar-refractivity contribution in [1.29, 1.82) is 0 Å². The Labute approximate surface area is 161 Å². The van der Waals surface area contributed by atoms with Crippen LogP contribution >= 0.6 is 0 Å². The average Bonchev–Trinajstić information content (AvgIpc) is 3.20. The van der Waals surface area contributed by atoms with Gasteiger partial charge in [0.25, 0.3) is 0 Å². The van der Waals surface area contributed by atoms with Gasteiger partial charge in [-0.2, -0.15) is 0 Å². The van der Waals surface area contributed by atoms with Gasteiger partial charge in [-0.05, 0) is 18.9 Å². The van der Waals surface area contributed by atoms with Crippen molar-refractivity contribution in [2.75, 3.05) is 36.0 Å². The molecule has 0 N–H and O–H groups in total. The molecule has 2 saturated heterocycles. The molecule has 2 atom stereocenters. The monoisotopic (exact) mass is 364 g/mol. The van der Waals surface area contributed by atoms with Crippen molar-refractivity contribution in [1.82, 2.24) is 19.9 Å². The molecule has 27 heavy (non-hydrogen) atoms. The Bertz CT molecular complexity index is 804. The lowest BCUT2D eigenvalue weighted by atomic mass is 9.83.